The summed E-state index contributed by atoms with van der Waals surface area (Å²) in [6, 6.07) is 14.6. The number of hydrogen-bond donors (Lipinski definition) is 0. The summed E-state index contributed by atoms with van der Waals surface area (Å²) in [6.07, 6.45) is 0. The number of ether oxygens (including phenoxy) is 1. The van der Waals surface area contributed by atoms with Gasteiger partial charge in [-0.3, -0.25) is 0 Å². The molecule has 4 rings (SSSR count). The molecule has 0 radical (unpaired) electrons. The van der Waals surface area contributed by atoms with E-state index in [2.05, 4.69) is 10.2 Å². The van der Waals surface area contributed by atoms with Gasteiger partial charge < -0.3 is 18.5 Å². The quantitative estimate of drug-likeness (QED) is 0.513. The van der Waals surface area contributed by atoms with Crippen LogP contribution in [-0.2, 0) is 0 Å². The molecule has 2 heterocycles. The van der Waals surface area contributed by atoms with Crippen LogP contribution in [0.2, 0.25) is 0 Å². The van der Waals surface area contributed by atoms with Crippen LogP contribution in [0.15, 0.2) is 62.2 Å². The Balaban J connectivity index is 1.72. The first kappa shape index (κ1) is 16.8. The summed E-state index contributed by atoms with van der Waals surface area (Å²) in [6.45, 7) is 0. The molecule has 7 nitrogen and oxygen atoms in total. The second-order valence-corrected chi connectivity index (χ2v) is 6.20. The Morgan fingerprint density at radius 3 is 2.37 bits per heavy atom. The maximum absolute atomic E-state index is 12.4. The first-order chi connectivity index (χ1) is 13.0. The van der Waals surface area contributed by atoms with E-state index in [1.54, 1.807) is 31.4 Å². The third-order valence-corrected chi connectivity index (χ3v) is 4.23. The van der Waals surface area contributed by atoms with Gasteiger partial charge in [-0.05, 0) is 42.5 Å². The zero-order valence-electron chi connectivity index (χ0n) is 15.1. The fourth-order valence-electron chi connectivity index (χ4n) is 2.72. The lowest BCUT2D eigenvalue weighted by Crippen LogP contribution is -2.07. The Morgan fingerprint density at radius 1 is 0.926 bits per heavy atom. The van der Waals surface area contributed by atoms with Crippen molar-refractivity contribution >= 4 is 16.7 Å². The molecule has 2 aromatic heterocycles. The fourth-order valence-corrected chi connectivity index (χ4v) is 2.72. The third-order valence-electron chi connectivity index (χ3n) is 4.23. The van der Waals surface area contributed by atoms with Crippen LogP contribution >= 0.6 is 0 Å². The Bertz CT molecular complexity index is 1160. The van der Waals surface area contributed by atoms with Crippen LogP contribution in [0.3, 0.4) is 0 Å². The maximum Gasteiger partial charge on any atom is 0.349 e. The zero-order chi connectivity index (χ0) is 19.0. The average molecular weight is 363 g/mol. The molecule has 0 aliphatic rings. The molecule has 0 saturated heterocycles. The predicted molar refractivity (Wildman–Crippen MR) is 102 cm³/mol. The molecule has 0 N–H and O–H groups in total. The van der Waals surface area contributed by atoms with Gasteiger partial charge in [0, 0.05) is 36.8 Å². The van der Waals surface area contributed by atoms with Crippen molar-refractivity contribution in [3.05, 3.63) is 59.0 Å². The molecule has 0 aliphatic heterocycles. The van der Waals surface area contributed by atoms with Gasteiger partial charge in [0.1, 0.15) is 16.9 Å². The lowest BCUT2D eigenvalue weighted by atomic mass is 10.2. The van der Waals surface area contributed by atoms with Gasteiger partial charge >= 0.3 is 5.63 Å². The summed E-state index contributed by atoms with van der Waals surface area (Å²) in [7, 11) is 5.49. The minimum absolute atomic E-state index is 0.119. The van der Waals surface area contributed by atoms with Crippen molar-refractivity contribution in [1.82, 2.24) is 10.2 Å². The smallest absolute Gasteiger partial charge is 0.349 e. The fraction of sp³-hybridized carbons (Fsp3) is 0.150. The molecule has 4 aromatic rings. The van der Waals surface area contributed by atoms with Crippen LogP contribution < -0.4 is 15.3 Å². The van der Waals surface area contributed by atoms with Crippen molar-refractivity contribution in [2.24, 2.45) is 0 Å². The van der Waals surface area contributed by atoms with Gasteiger partial charge in [-0.15, -0.1) is 10.2 Å². The van der Waals surface area contributed by atoms with Crippen molar-refractivity contribution in [3.63, 3.8) is 0 Å². The summed E-state index contributed by atoms with van der Waals surface area (Å²) >= 11 is 0. The Morgan fingerprint density at radius 2 is 1.67 bits per heavy atom. The summed E-state index contributed by atoms with van der Waals surface area (Å²) in [5.74, 6) is 1.07. The van der Waals surface area contributed by atoms with Crippen molar-refractivity contribution in [2.75, 3.05) is 26.1 Å². The van der Waals surface area contributed by atoms with Gasteiger partial charge in [-0.1, -0.05) is 0 Å². The molecule has 0 atom stereocenters. The lowest BCUT2D eigenvalue weighted by Gasteiger charge is -2.11. The minimum atomic E-state index is -0.547. The Hall–Kier alpha value is -3.61. The highest BCUT2D eigenvalue weighted by Crippen LogP contribution is 2.27. The number of nitrogens with zero attached hydrogens (tertiary/aromatic N) is 3. The normalized spacial score (nSPS) is 10.9. The molecule has 0 bridgehead atoms. The van der Waals surface area contributed by atoms with Crippen LogP contribution in [-0.4, -0.2) is 31.4 Å². The van der Waals surface area contributed by atoms with E-state index in [-0.39, 0.29) is 11.5 Å². The second kappa shape index (κ2) is 6.60. The molecule has 0 unspecified atom stereocenters. The highest BCUT2D eigenvalue weighted by molar-refractivity contribution is 5.81. The Labute approximate surface area is 154 Å². The number of methoxy groups -OCH3 is 1. The van der Waals surface area contributed by atoms with Crippen LogP contribution in [0.25, 0.3) is 33.9 Å². The molecule has 0 spiro atoms. The molecule has 136 valence electrons. The third kappa shape index (κ3) is 3.15. The lowest BCUT2D eigenvalue weighted by molar-refractivity contribution is 0.414. The first-order valence-corrected chi connectivity index (χ1v) is 8.28. The molecule has 0 saturated carbocycles. The molecule has 0 amide bonds. The summed E-state index contributed by atoms with van der Waals surface area (Å²) in [4.78, 5) is 14.4. The maximum atomic E-state index is 12.4. The van der Waals surface area contributed by atoms with Gasteiger partial charge in [-0.2, -0.15) is 0 Å². The number of anilines is 1. The van der Waals surface area contributed by atoms with E-state index in [9.17, 15) is 4.79 Å². The van der Waals surface area contributed by atoms with Gasteiger partial charge in [-0.25, -0.2) is 4.79 Å². The molecular weight excluding hydrogens is 346 g/mol. The predicted octanol–water partition coefficient (Wildman–Crippen LogP) is 3.58. The van der Waals surface area contributed by atoms with Crippen LogP contribution in [0.4, 0.5) is 5.69 Å². The van der Waals surface area contributed by atoms with Crippen LogP contribution in [0, 0.1) is 0 Å². The standard InChI is InChI=1S/C20H17N3O4/c1-23(2)14-7-4-12(5-8-14)18-21-22-19(27-18)16-10-13-6-9-15(25-3)11-17(13)26-20(16)24/h4-11H,1-3H3. The number of rotatable bonds is 4. The summed E-state index contributed by atoms with van der Waals surface area (Å²) < 4.78 is 16.2. The highest BCUT2D eigenvalue weighted by Gasteiger charge is 2.16. The van der Waals surface area contributed by atoms with E-state index in [4.69, 9.17) is 13.6 Å². The van der Waals surface area contributed by atoms with E-state index in [0.29, 0.717) is 17.2 Å². The van der Waals surface area contributed by atoms with Gasteiger partial charge in [0.25, 0.3) is 5.89 Å². The van der Waals surface area contributed by atoms with Crippen LogP contribution in [0.5, 0.6) is 5.75 Å². The molecule has 0 fully saturated rings. The van der Waals surface area contributed by atoms with Crippen LogP contribution in [0.1, 0.15) is 0 Å². The van der Waals surface area contributed by atoms with Gasteiger partial charge in [0.15, 0.2) is 0 Å². The molecule has 0 aliphatic carbocycles. The average Bonchev–Trinajstić information content (AvgIpc) is 3.17. The minimum Gasteiger partial charge on any atom is -0.497 e. The number of fused-ring (bicyclic) bond motifs is 1. The first-order valence-electron chi connectivity index (χ1n) is 8.28. The van der Waals surface area contributed by atoms with E-state index < -0.39 is 5.63 Å². The van der Waals surface area contributed by atoms with E-state index >= 15 is 0 Å². The van der Waals surface area contributed by atoms with E-state index in [0.717, 1.165) is 16.6 Å². The van der Waals surface area contributed by atoms with Crippen molar-refractivity contribution in [3.8, 4) is 28.7 Å². The number of aromatic nitrogens is 2. The van der Waals surface area contributed by atoms with Crippen molar-refractivity contribution in [1.29, 1.82) is 0 Å². The largest absolute Gasteiger partial charge is 0.497 e. The van der Waals surface area contributed by atoms with Gasteiger partial charge in [0.2, 0.25) is 5.89 Å². The topological polar surface area (TPSA) is 81.6 Å². The summed E-state index contributed by atoms with van der Waals surface area (Å²) in [5.41, 5.74) is 1.94. The van der Waals surface area contributed by atoms with Crippen molar-refractivity contribution < 1.29 is 13.6 Å². The number of hydrogen-bond acceptors (Lipinski definition) is 7. The monoisotopic (exact) mass is 363 g/mol. The summed E-state index contributed by atoms with van der Waals surface area (Å²) in [5, 5.41) is 8.80. The van der Waals surface area contributed by atoms with Crippen molar-refractivity contribution in [2.45, 2.75) is 0 Å². The Kier molecular flexibility index (Phi) is 4.12. The highest BCUT2D eigenvalue weighted by atomic mass is 16.5. The van der Waals surface area contributed by atoms with Gasteiger partial charge in [0.05, 0.1) is 7.11 Å². The number of benzene rings is 2. The van der Waals surface area contributed by atoms with E-state index in [1.807, 2.05) is 43.3 Å². The molecule has 27 heavy (non-hydrogen) atoms. The van der Waals surface area contributed by atoms with E-state index in [1.165, 1.54) is 0 Å². The molecule has 2 aromatic carbocycles. The second-order valence-electron chi connectivity index (χ2n) is 6.20. The molecule has 7 heteroatoms. The SMILES string of the molecule is COc1ccc2cc(-c3nnc(-c4ccc(N(C)C)cc4)o3)c(=O)oc2c1. The zero-order valence-corrected chi connectivity index (χ0v) is 15.1. The molecular formula is C20H17N3O4.